The highest BCUT2D eigenvalue weighted by atomic mass is 32.1. The summed E-state index contributed by atoms with van der Waals surface area (Å²) in [5.74, 6) is 1.52. The number of nitrogens with one attached hydrogen (secondary N) is 1. The first kappa shape index (κ1) is 13.1. The number of hydrogen-bond donors (Lipinski definition) is 2. The van der Waals surface area contributed by atoms with E-state index in [1.54, 1.807) is 0 Å². The standard InChI is InChI=1S/C17H21NOS2/c19-17-7-11-3-12(8-17)6-16(5-11,10-17)18-9-13-4-15-14(21-13)1-2-20-15/h1-2,4,11-12,18-19H,3,5-10H2. The fourth-order valence-electron chi connectivity index (χ4n) is 5.60. The van der Waals surface area contributed by atoms with Crippen molar-refractivity contribution in [1.82, 2.24) is 5.32 Å². The molecule has 0 aliphatic heterocycles. The van der Waals surface area contributed by atoms with Crippen LogP contribution >= 0.6 is 22.7 Å². The van der Waals surface area contributed by atoms with E-state index in [1.807, 2.05) is 22.7 Å². The zero-order valence-corrected chi connectivity index (χ0v) is 13.7. The van der Waals surface area contributed by atoms with Gasteiger partial charge in [0.2, 0.25) is 0 Å². The molecular weight excluding hydrogens is 298 g/mol. The van der Waals surface area contributed by atoms with Gasteiger partial charge in [-0.05, 0) is 67.9 Å². The van der Waals surface area contributed by atoms with Gasteiger partial charge >= 0.3 is 0 Å². The lowest BCUT2D eigenvalue weighted by atomic mass is 9.51. The number of rotatable bonds is 3. The molecule has 112 valence electrons. The van der Waals surface area contributed by atoms with Crippen LogP contribution in [0.15, 0.2) is 17.5 Å². The second kappa shape index (κ2) is 4.31. The van der Waals surface area contributed by atoms with Crippen LogP contribution in [-0.2, 0) is 6.54 Å². The minimum Gasteiger partial charge on any atom is -0.390 e. The Bertz CT molecular complexity index is 645. The number of thiophene rings is 2. The highest BCUT2D eigenvalue weighted by Crippen LogP contribution is 2.57. The predicted octanol–water partition coefficient (Wildman–Crippen LogP) is 4.14. The lowest BCUT2D eigenvalue weighted by Crippen LogP contribution is -2.64. The van der Waals surface area contributed by atoms with E-state index in [0.29, 0.717) is 0 Å². The van der Waals surface area contributed by atoms with Gasteiger partial charge in [0.1, 0.15) is 0 Å². The van der Waals surface area contributed by atoms with Gasteiger partial charge in [0.15, 0.2) is 0 Å². The topological polar surface area (TPSA) is 32.3 Å². The highest BCUT2D eigenvalue weighted by Gasteiger charge is 2.56. The van der Waals surface area contributed by atoms with E-state index >= 15 is 0 Å². The second-order valence-electron chi connectivity index (χ2n) is 7.68. The van der Waals surface area contributed by atoms with Gasteiger partial charge in [0.05, 0.1) is 5.60 Å². The van der Waals surface area contributed by atoms with Crippen LogP contribution in [0.4, 0.5) is 0 Å². The molecule has 0 radical (unpaired) electrons. The van der Waals surface area contributed by atoms with Crippen LogP contribution < -0.4 is 5.32 Å². The summed E-state index contributed by atoms with van der Waals surface area (Å²) in [6, 6.07) is 4.56. The molecule has 4 saturated carbocycles. The number of aliphatic hydroxyl groups is 1. The normalized spacial score (nSPS) is 41.2. The Hall–Kier alpha value is -0.420. The van der Waals surface area contributed by atoms with Crippen molar-refractivity contribution in [3.63, 3.8) is 0 Å². The van der Waals surface area contributed by atoms with E-state index < -0.39 is 0 Å². The molecule has 2 unspecified atom stereocenters. The molecule has 4 aliphatic rings. The zero-order valence-electron chi connectivity index (χ0n) is 12.1. The zero-order chi connectivity index (χ0) is 14.1. The van der Waals surface area contributed by atoms with E-state index in [-0.39, 0.29) is 11.1 Å². The van der Waals surface area contributed by atoms with E-state index in [4.69, 9.17) is 0 Å². The first-order chi connectivity index (χ1) is 10.1. The molecule has 6 rings (SSSR count). The van der Waals surface area contributed by atoms with Crippen molar-refractivity contribution in [3.05, 3.63) is 22.4 Å². The molecule has 0 amide bonds. The summed E-state index contributed by atoms with van der Waals surface area (Å²) < 4.78 is 2.84. The van der Waals surface area contributed by atoms with Gasteiger partial charge in [-0.25, -0.2) is 0 Å². The smallest absolute Gasteiger partial charge is 0.0670 e. The summed E-state index contributed by atoms with van der Waals surface area (Å²) in [7, 11) is 0. The molecule has 0 aromatic carbocycles. The third-order valence-electron chi connectivity index (χ3n) is 5.86. The minimum atomic E-state index is -0.354. The number of fused-ring (bicyclic) bond motifs is 1. The summed E-state index contributed by atoms with van der Waals surface area (Å²) >= 11 is 3.75. The van der Waals surface area contributed by atoms with Crippen molar-refractivity contribution in [2.45, 2.75) is 56.2 Å². The molecule has 4 fully saturated rings. The molecule has 2 aromatic heterocycles. The number of hydrogen-bond acceptors (Lipinski definition) is 4. The third kappa shape index (κ3) is 2.11. The Morgan fingerprint density at radius 2 is 2.00 bits per heavy atom. The predicted molar refractivity (Wildman–Crippen MR) is 88.9 cm³/mol. The van der Waals surface area contributed by atoms with Crippen molar-refractivity contribution < 1.29 is 5.11 Å². The molecule has 2 heterocycles. The Balaban J connectivity index is 1.37. The van der Waals surface area contributed by atoms with Crippen LogP contribution in [0, 0.1) is 11.8 Å². The quantitative estimate of drug-likeness (QED) is 0.891. The first-order valence-corrected chi connectivity index (χ1v) is 9.75. The van der Waals surface area contributed by atoms with Crippen LogP contribution in [0.1, 0.15) is 43.4 Å². The van der Waals surface area contributed by atoms with Crippen LogP contribution in [0.5, 0.6) is 0 Å². The second-order valence-corrected chi connectivity index (χ2v) is 9.80. The van der Waals surface area contributed by atoms with E-state index in [2.05, 4.69) is 22.8 Å². The van der Waals surface area contributed by atoms with E-state index in [0.717, 1.165) is 37.6 Å². The maximum atomic E-state index is 10.8. The summed E-state index contributed by atoms with van der Waals surface area (Å²) in [5, 5.41) is 16.9. The van der Waals surface area contributed by atoms with Crippen molar-refractivity contribution in [3.8, 4) is 0 Å². The molecule has 0 saturated heterocycles. The summed E-state index contributed by atoms with van der Waals surface area (Å²) in [6.45, 7) is 0.974. The highest BCUT2D eigenvalue weighted by molar-refractivity contribution is 7.26. The Kier molecular flexibility index (Phi) is 2.68. The molecule has 0 spiro atoms. The van der Waals surface area contributed by atoms with Gasteiger partial charge in [-0.1, -0.05) is 0 Å². The average Bonchev–Trinajstić information content (AvgIpc) is 2.93. The van der Waals surface area contributed by atoms with Gasteiger partial charge in [0, 0.05) is 26.4 Å². The van der Waals surface area contributed by atoms with Crippen LogP contribution in [0.3, 0.4) is 0 Å². The fraction of sp³-hybridized carbons (Fsp3) is 0.647. The summed E-state index contributed by atoms with van der Waals surface area (Å²) in [5.41, 5.74) is -0.136. The lowest BCUT2D eigenvalue weighted by molar-refractivity contribution is -0.142. The molecule has 4 aliphatic carbocycles. The molecule has 21 heavy (non-hydrogen) atoms. The van der Waals surface area contributed by atoms with Crippen LogP contribution in [0.2, 0.25) is 0 Å². The SMILES string of the molecule is OC12CC3CC(C1)CC(NCc1cc4sccc4s1)(C3)C2. The third-order valence-corrected chi connectivity index (χ3v) is 7.95. The lowest BCUT2D eigenvalue weighted by Gasteiger charge is -2.60. The van der Waals surface area contributed by atoms with Gasteiger partial charge in [-0.3, -0.25) is 0 Å². The molecule has 4 bridgehead atoms. The summed E-state index contributed by atoms with van der Waals surface area (Å²) in [6.07, 6.45) is 7.02. The fourth-order valence-corrected chi connectivity index (χ4v) is 7.67. The Morgan fingerprint density at radius 1 is 1.19 bits per heavy atom. The molecule has 2 nitrogen and oxygen atoms in total. The van der Waals surface area contributed by atoms with E-state index in [9.17, 15) is 5.11 Å². The molecule has 2 aromatic rings. The Labute approximate surface area is 133 Å². The van der Waals surface area contributed by atoms with E-state index in [1.165, 1.54) is 33.5 Å². The maximum absolute atomic E-state index is 10.8. The maximum Gasteiger partial charge on any atom is 0.0670 e. The average molecular weight is 319 g/mol. The monoisotopic (exact) mass is 319 g/mol. The molecular formula is C17H21NOS2. The van der Waals surface area contributed by atoms with Crippen molar-refractivity contribution in [2.24, 2.45) is 11.8 Å². The van der Waals surface area contributed by atoms with Gasteiger partial charge in [0.25, 0.3) is 0 Å². The summed E-state index contributed by atoms with van der Waals surface area (Å²) in [4.78, 5) is 1.44. The Morgan fingerprint density at radius 3 is 2.71 bits per heavy atom. The van der Waals surface area contributed by atoms with Crippen LogP contribution in [-0.4, -0.2) is 16.2 Å². The van der Waals surface area contributed by atoms with Crippen molar-refractivity contribution in [2.75, 3.05) is 0 Å². The van der Waals surface area contributed by atoms with Crippen molar-refractivity contribution >= 4 is 32.1 Å². The van der Waals surface area contributed by atoms with Crippen LogP contribution in [0.25, 0.3) is 9.40 Å². The van der Waals surface area contributed by atoms with Gasteiger partial charge < -0.3 is 10.4 Å². The largest absolute Gasteiger partial charge is 0.390 e. The molecule has 2 N–H and O–H groups in total. The van der Waals surface area contributed by atoms with Crippen molar-refractivity contribution in [1.29, 1.82) is 0 Å². The molecule has 4 heteroatoms. The minimum absolute atomic E-state index is 0.219. The van der Waals surface area contributed by atoms with Gasteiger partial charge in [-0.15, -0.1) is 22.7 Å². The first-order valence-electron chi connectivity index (χ1n) is 8.05. The molecule has 2 atom stereocenters. The van der Waals surface area contributed by atoms with Gasteiger partial charge in [-0.2, -0.15) is 0 Å².